The molecule has 1 aromatic rings. The van der Waals surface area contributed by atoms with Gasteiger partial charge >= 0.3 is 0 Å². The van der Waals surface area contributed by atoms with Crippen LogP contribution < -0.4 is 11.3 Å². The summed E-state index contributed by atoms with van der Waals surface area (Å²) in [5.41, 5.74) is 4.67. The average Bonchev–Trinajstić information content (AvgIpc) is 2.18. The van der Waals surface area contributed by atoms with Gasteiger partial charge in [-0.2, -0.15) is 0 Å². The number of hydrazine groups is 1. The van der Waals surface area contributed by atoms with Crippen molar-refractivity contribution in [1.82, 2.24) is 5.43 Å². The molecule has 0 heterocycles. The highest BCUT2D eigenvalue weighted by molar-refractivity contribution is 5.20. The van der Waals surface area contributed by atoms with Crippen LogP contribution in [-0.4, -0.2) is 0 Å². The Morgan fingerprint density at radius 1 is 1.60 bits per heavy atom. The number of rotatable bonds is 5. The van der Waals surface area contributed by atoms with Crippen LogP contribution in [0.15, 0.2) is 36.4 Å². The van der Waals surface area contributed by atoms with Crippen LogP contribution in [-0.2, 0) is 0 Å². The molecule has 1 atom stereocenters. The first-order valence-electron chi connectivity index (χ1n) is 4.99. The SMILES string of the molecule is C=C(C)CCC(NN)c1cccc(F)c1. The largest absolute Gasteiger partial charge is 0.271 e. The summed E-state index contributed by atoms with van der Waals surface area (Å²) < 4.78 is 13.0. The third-order valence-electron chi connectivity index (χ3n) is 2.31. The van der Waals surface area contributed by atoms with Crippen molar-refractivity contribution in [1.29, 1.82) is 0 Å². The molecule has 0 amide bonds. The van der Waals surface area contributed by atoms with Crippen LogP contribution >= 0.6 is 0 Å². The van der Waals surface area contributed by atoms with Gasteiger partial charge in [0, 0.05) is 6.04 Å². The molecule has 15 heavy (non-hydrogen) atoms. The zero-order chi connectivity index (χ0) is 11.3. The summed E-state index contributed by atoms with van der Waals surface area (Å²) in [7, 11) is 0. The molecule has 3 heteroatoms. The molecule has 1 aromatic carbocycles. The van der Waals surface area contributed by atoms with E-state index in [1.165, 1.54) is 12.1 Å². The standard InChI is InChI=1S/C12H17FN2/c1-9(2)6-7-12(15-14)10-4-3-5-11(13)8-10/h3-5,8,12,15H,1,6-7,14H2,2H3. The summed E-state index contributed by atoms with van der Waals surface area (Å²) in [5.74, 6) is 5.21. The molecular weight excluding hydrogens is 191 g/mol. The van der Waals surface area contributed by atoms with Crippen LogP contribution in [0.2, 0.25) is 0 Å². The van der Waals surface area contributed by atoms with E-state index in [0.717, 1.165) is 24.0 Å². The fourth-order valence-electron chi connectivity index (χ4n) is 1.46. The molecule has 0 aliphatic carbocycles. The lowest BCUT2D eigenvalue weighted by Gasteiger charge is -2.16. The predicted molar refractivity (Wildman–Crippen MR) is 60.5 cm³/mol. The fraction of sp³-hybridized carbons (Fsp3) is 0.333. The third-order valence-corrected chi connectivity index (χ3v) is 2.31. The summed E-state index contributed by atoms with van der Waals surface area (Å²) >= 11 is 0. The van der Waals surface area contributed by atoms with E-state index in [4.69, 9.17) is 5.84 Å². The van der Waals surface area contributed by atoms with E-state index in [1.807, 2.05) is 13.0 Å². The summed E-state index contributed by atoms with van der Waals surface area (Å²) in [6.45, 7) is 5.80. The molecule has 2 nitrogen and oxygen atoms in total. The topological polar surface area (TPSA) is 38.0 Å². The number of nitrogens with one attached hydrogen (secondary N) is 1. The maximum absolute atomic E-state index is 13.0. The summed E-state index contributed by atoms with van der Waals surface area (Å²) in [6.07, 6.45) is 1.71. The van der Waals surface area contributed by atoms with E-state index in [9.17, 15) is 4.39 Å². The summed E-state index contributed by atoms with van der Waals surface area (Å²) in [4.78, 5) is 0. The van der Waals surface area contributed by atoms with Crippen molar-refractivity contribution in [3.8, 4) is 0 Å². The van der Waals surface area contributed by atoms with Crippen LogP contribution in [0.4, 0.5) is 4.39 Å². The van der Waals surface area contributed by atoms with E-state index < -0.39 is 0 Å². The molecule has 0 fully saturated rings. The van der Waals surface area contributed by atoms with Crippen LogP contribution in [0, 0.1) is 5.82 Å². The Morgan fingerprint density at radius 3 is 2.87 bits per heavy atom. The van der Waals surface area contributed by atoms with Crippen LogP contribution in [0.5, 0.6) is 0 Å². The van der Waals surface area contributed by atoms with Gasteiger partial charge in [-0.1, -0.05) is 17.7 Å². The van der Waals surface area contributed by atoms with Crippen molar-refractivity contribution in [2.45, 2.75) is 25.8 Å². The Labute approximate surface area is 90.0 Å². The van der Waals surface area contributed by atoms with Crippen molar-refractivity contribution >= 4 is 0 Å². The van der Waals surface area contributed by atoms with Gasteiger partial charge in [-0.25, -0.2) is 4.39 Å². The van der Waals surface area contributed by atoms with Gasteiger partial charge < -0.3 is 0 Å². The highest BCUT2D eigenvalue weighted by Crippen LogP contribution is 2.20. The minimum absolute atomic E-state index is 0.0163. The highest BCUT2D eigenvalue weighted by Gasteiger charge is 2.09. The second-order valence-electron chi connectivity index (χ2n) is 3.77. The molecule has 0 aliphatic rings. The van der Waals surface area contributed by atoms with Crippen molar-refractivity contribution in [2.24, 2.45) is 5.84 Å². The Hall–Kier alpha value is -1.19. The highest BCUT2D eigenvalue weighted by atomic mass is 19.1. The van der Waals surface area contributed by atoms with E-state index in [-0.39, 0.29) is 11.9 Å². The molecule has 0 aromatic heterocycles. The zero-order valence-electron chi connectivity index (χ0n) is 8.96. The first-order valence-corrected chi connectivity index (χ1v) is 4.99. The number of benzene rings is 1. The Bertz CT molecular complexity index is 336. The number of hydrogen-bond acceptors (Lipinski definition) is 2. The first-order chi connectivity index (χ1) is 7.13. The summed E-state index contributed by atoms with van der Waals surface area (Å²) in [5, 5.41) is 0. The van der Waals surface area contributed by atoms with Gasteiger partial charge in [-0.3, -0.25) is 11.3 Å². The van der Waals surface area contributed by atoms with E-state index >= 15 is 0 Å². The van der Waals surface area contributed by atoms with Gasteiger partial charge in [0.15, 0.2) is 0 Å². The first kappa shape index (κ1) is 11.9. The van der Waals surface area contributed by atoms with Gasteiger partial charge in [0.05, 0.1) is 0 Å². The van der Waals surface area contributed by atoms with Gasteiger partial charge in [0.25, 0.3) is 0 Å². The predicted octanol–water partition coefficient (Wildman–Crippen LogP) is 2.69. The Balaban J connectivity index is 2.69. The van der Waals surface area contributed by atoms with Gasteiger partial charge in [-0.05, 0) is 37.5 Å². The van der Waals surface area contributed by atoms with Gasteiger partial charge in [0.2, 0.25) is 0 Å². The molecule has 0 aliphatic heterocycles. The molecule has 1 rings (SSSR count). The monoisotopic (exact) mass is 208 g/mol. The molecule has 0 radical (unpaired) electrons. The van der Waals surface area contributed by atoms with E-state index in [2.05, 4.69) is 12.0 Å². The number of allylic oxidation sites excluding steroid dienone is 1. The molecule has 0 saturated heterocycles. The van der Waals surface area contributed by atoms with E-state index in [0.29, 0.717) is 0 Å². The number of nitrogens with two attached hydrogens (primary N) is 1. The number of hydrogen-bond donors (Lipinski definition) is 2. The Kier molecular flexibility index (Phi) is 4.46. The molecule has 3 N–H and O–H groups in total. The molecule has 82 valence electrons. The van der Waals surface area contributed by atoms with Crippen molar-refractivity contribution in [2.75, 3.05) is 0 Å². The van der Waals surface area contributed by atoms with Crippen molar-refractivity contribution < 1.29 is 4.39 Å². The third kappa shape index (κ3) is 3.81. The molecular formula is C12H17FN2. The molecule has 0 saturated carbocycles. The van der Waals surface area contributed by atoms with E-state index in [1.54, 1.807) is 6.07 Å². The van der Waals surface area contributed by atoms with Crippen LogP contribution in [0.1, 0.15) is 31.4 Å². The maximum atomic E-state index is 13.0. The average molecular weight is 208 g/mol. The Morgan fingerprint density at radius 2 is 2.33 bits per heavy atom. The fourth-order valence-corrected chi connectivity index (χ4v) is 1.46. The molecule has 0 bridgehead atoms. The normalized spacial score (nSPS) is 12.5. The minimum atomic E-state index is -0.233. The van der Waals surface area contributed by atoms with Gasteiger partial charge in [0.1, 0.15) is 5.82 Å². The van der Waals surface area contributed by atoms with Crippen LogP contribution in [0.25, 0.3) is 0 Å². The minimum Gasteiger partial charge on any atom is -0.271 e. The lowest BCUT2D eigenvalue weighted by atomic mass is 10.0. The number of halogens is 1. The van der Waals surface area contributed by atoms with Crippen molar-refractivity contribution in [3.05, 3.63) is 47.8 Å². The van der Waals surface area contributed by atoms with Gasteiger partial charge in [-0.15, -0.1) is 6.58 Å². The summed E-state index contributed by atoms with van der Waals surface area (Å²) in [6, 6.07) is 6.47. The second kappa shape index (κ2) is 5.63. The van der Waals surface area contributed by atoms with Crippen molar-refractivity contribution in [3.63, 3.8) is 0 Å². The zero-order valence-corrected chi connectivity index (χ0v) is 8.96. The smallest absolute Gasteiger partial charge is 0.123 e. The molecule has 0 spiro atoms. The quantitative estimate of drug-likeness (QED) is 0.443. The molecule has 1 unspecified atom stereocenters. The lowest BCUT2D eigenvalue weighted by Crippen LogP contribution is -2.28. The lowest BCUT2D eigenvalue weighted by molar-refractivity contribution is 0.511. The maximum Gasteiger partial charge on any atom is 0.123 e. The second-order valence-corrected chi connectivity index (χ2v) is 3.77. The van der Waals surface area contributed by atoms with Crippen LogP contribution in [0.3, 0.4) is 0 Å².